The van der Waals surface area contributed by atoms with Gasteiger partial charge in [-0.15, -0.1) is 0 Å². The summed E-state index contributed by atoms with van der Waals surface area (Å²) >= 11 is 0. The zero-order valence-corrected chi connectivity index (χ0v) is 11.5. The van der Waals surface area contributed by atoms with E-state index in [1.807, 2.05) is 24.3 Å². The van der Waals surface area contributed by atoms with Crippen molar-refractivity contribution >= 4 is 8.56 Å². The molecule has 0 spiro atoms. The quantitative estimate of drug-likeness (QED) is 0.670. The van der Waals surface area contributed by atoms with Crippen molar-refractivity contribution in [3.8, 4) is 0 Å². The van der Waals surface area contributed by atoms with Crippen LogP contribution in [0, 0.1) is 0 Å². The lowest BCUT2D eigenvalue weighted by molar-refractivity contribution is 0.149. The molecule has 0 saturated heterocycles. The van der Waals surface area contributed by atoms with Gasteiger partial charge in [0.25, 0.3) is 0 Å². The van der Waals surface area contributed by atoms with Gasteiger partial charge in [-0.05, 0) is 12.1 Å². The van der Waals surface area contributed by atoms with Crippen molar-refractivity contribution < 1.29 is 8.85 Å². The molecule has 0 radical (unpaired) electrons. The Bertz CT molecular complexity index is 308. The van der Waals surface area contributed by atoms with E-state index in [0.717, 1.165) is 12.1 Å². The molecule has 2 nitrogen and oxygen atoms in total. The molecule has 2 rings (SSSR count). The summed E-state index contributed by atoms with van der Waals surface area (Å²) in [6, 6.07) is 1.97. The van der Waals surface area contributed by atoms with E-state index in [9.17, 15) is 0 Å². The van der Waals surface area contributed by atoms with Gasteiger partial charge in [0, 0.05) is 0 Å². The predicted molar refractivity (Wildman–Crippen MR) is 73.0 cm³/mol. The summed E-state index contributed by atoms with van der Waals surface area (Å²) in [5.74, 6) is 0. The van der Waals surface area contributed by atoms with Gasteiger partial charge >= 0.3 is 8.56 Å². The van der Waals surface area contributed by atoms with Gasteiger partial charge in [0.15, 0.2) is 0 Å². The van der Waals surface area contributed by atoms with E-state index in [1.165, 1.54) is 0 Å². The van der Waals surface area contributed by atoms with E-state index < -0.39 is 8.56 Å². The first-order valence-corrected chi connectivity index (χ1v) is 8.57. The molecule has 2 aliphatic rings. The van der Waals surface area contributed by atoms with Crippen LogP contribution >= 0.6 is 0 Å². The van der Waals surface area contributed by atoms with Crippen LogP contribution in [0.3, 0.4) is 0 Å². The van der Waals surface area contributed by atoms with Crippen LogP contribution < -0.4 is 0 Å². The second kappa shape index (κ2) is 5.62. The molecule has 0 saturated carbocycles. The maximum absolute atomic E-state index is 6.23. The highest BCUT2D eigenvalue weighted by Gasteiger charge is 2.37. The molecule has 0 heterocycles. The number of hydrogen-bond acceptors (Lipinski definition) is 2. The van der Waals surface area contributed by atoms with Crippen LogP contribution in [0.2, 0.25) is 12.1 Å². The van der Waals surface area contributed by atoms with E-state index in [4.69, 9.17) is 8.85 Å². The predicted octanol–water partition coefficient (Wildman–Crippen LogP) is 3.49. The van der Waals surface area contributed by atoms with Crippen molar-refractivity contribution in [3.63, 3.8) is 0 Å². The lowest BCUT2D eigenvalue weighted by atomic mass is 10.4. The average molecular weight is 248 g/mol. The Morgan fingerprint density at radius 2 is 1.12 bits per heavy atom. The molecule has 0 N–H and O–H groups in total. The van der Waals surface area contributed by atoms with Crippen molar-refractivity contribution in [1.82, 2.24) is 0 Å². The average Bonchev–Trinajstić information content (AvgIpc) is 3.01. The van der Waals surface area contributed by atoms with Gasteiger partial charge in [0.05, 0.1) is 12.2 Å². The molecule has 0 aromatic rings. The highest BCUT2D eigenvalue weighted by atomic mass is 28.4. The third kappa shape index (κ3) is 3.06. The summed E-state index contributed by atoms with van der Waals surface area (Å²) in [5, 5.41) is 0. The summed E-state index contributed by atoms with van der Waals surface area (Å²) in [4.78, 5) is 0. The first kappa shape index (κ1) is 12.6. The first-order chi connectivity index (χ1) is 8.28. The molecule has 0 aromatic carbocycles. The number of rotatable bonds is 6. The van der Waals surface area contributed by atoms with Crippen LogP contribution in [-0.4, -0.2) is 20.8 Å². The maximum Gasteiger partial charge on any atom is 0.338 e. The molecule has 17 heavy (non-hydrogen) atoms. The monoisotopic (exact) mass is 248 g/mol. The zero-order chi connectivity index (χ0) is 12.1. The molecular formula is C14H20O2Si. The Labute approximate surface area is 105 Å². The van der Waals surface area contributed by atoms with Crippen molar-refractivity contribution in [3.05, 3.63) is 48.6 Å². The largest absolute Gasteiger partial charge is 0.384 e. The summed E-state index contributed by atoms with van der Waals surface area (Å²) in [5.41, 5.74) is 0. The Morgan fingerprint density at radius 1 is 0.765 bits per heavy atom. The summed E-state index contributed by atoms with van der Waals surface area (Å²) in [6.45, 7) is 4.33. The van der Waals surface area contributed by atoms with Crippen LogP contribution in [0.25, 0.3) is 0 Å². The van der Waals surface area contributed by atoms with Gasteiger partial charge < -0.3 is 8.85 Å². The lowest BCUT2D eigenvalue weighted by Gasteiger charge is -2.32. The van der Waals surface area contributed by atoms with Crippen molar-refractivity contribution in [2.24, 2.45) is 0 Å². The van der Waals surface area contributed by atoms with Gasteiger partial charge in [0.1, 0.15) is 0 Å². The topological polar surface area (TPSA) is 18.5 Å². The molecule has 0 unspecified atom stereocenters. The second-order valence-electron chi connectivity index (χ2n) is 4.32. The fraction of sp³-hybridized carbons (Fsp3) is 0.429. The minimum atomic E-state index is -2.08. The van der Waals surface area contributed by atoms with E-state index >= 15 is 0 Å². The SMILES string of the molecule is CC[Si](CC)(OC1C=CC=C1)OC1C=CC=C1. The van der Waals surface area contributed by atoms with E-state index in [-0.39, 0.29) is 12.2 Å². The van der Waals surface area contributed by atoms with Crippen LogP contribution in [0.15, 0.2) is 48.6 Å². The molecule has 3 heteroatoms. The Balaban J connectivity index is 2.01. The van der Waals surface area contributed by atoms with Crippen LogP contribution in [-0.2, 0) is 8.85 Å². The fourth-order valence-electron chi connectivity index (χ4n) is 2.09. The van der Waals surface area contributed by atoms with E-state index in [0.29, 0.717) is 0 Å². The Morgan fingerprint density at radius 3 is 1.41 bits per heavy atom. The van der Waals surface area contributed by atoms with Gasteiger partial charge in [-0.3, -0.25) is 0 Å². The second-order valence-corrected chi connectivity index (χ2v) is 8.03. The molecule has 0 aromatic heterocycles. The van der Waals surface area contributed by atoms with Crippen LogP contribution in [0.5, 0.6) is 0 Å². The van der Waals surface area contributed by atoms with Crippen molar-refractivity contribution in [1.29, 1.82) is 0 Å². The maximum atomic E-state index is 6.23. The normalized spacial score (nSPS) is 19.9. The highest BCUT2D eigenvalue weighted by Crippen LogP contribution is 2.25. The van der Waals surface area contributed by atoms with Crippen LogP contribution in [0.1, 0.15) is 13.8 Å². The Hall–Kier alpha value is -0.903. The van der Waals surface area contributed by atoms with E-state index in [2.05, 4.69) is 38.2 Å². The van der Waals surface area contributed by atoms with Crippen LogP contribution in [0.4, 0.5) is 0 Å². The molecule has 0 amide bonds. The fourth-order valence-corrected chi connectivity index (χ4v) is 4.62. The van der Waals surface area contributed by atoms with Gasteiger partial charge in [-0.25, -0.2) is 0 Å². The van der Waals surface area contributed by atoms with Crippen molar-refractivity contribution in [2.45, 2.75) is 38.1 Å². The third-order valence-corrected chi connectivity index (χ3v) is 6.76. The first-order valence-electron chi connectivity index (χ1n) is 6.33. The molecule has 0 bridgehead atoms. The molecule has 2 aliphatic carbocycles. The van der Waals surface area contributed by atoms with Crippen molar-refractivity contribution in [2.75, 3.05) is 0 Å². The zero-order valence-electron chi connectivity index (χ0n) is 10.5. The van der Waals surface area contributed by atoms with E-state index in [1.54, 1.807) is 0 Å². The highest BCUT2D eigenvalue weighted by molar-refractivity contribution is 6.67. The molecule has 92 valence electrons. The summed E-state index contributed by atoms with van der Waals surface area (Å²) in [7, 11) is -2.08. The van der Waals surface area contributed by atoms with Gasteiger partial charge in [-0.2, -0.15) is 0 Å². The number of allylic oxidation sites excluding steroid dienone is 4. The molecular weight excluding hydrogens is 228 g/mol. The van der Waals surface area contributed by atoms with Gasteiger partial charge in [-0.1, -0.05) is 62.5 Å². The Kier molecular flexibility index (Phi) is 4.15. The summed E-state index contributed by atoms with van der Waals surface area (Å²) < 4.78 is 12.5. The van der Waals surface area contributed by atoms with Gasteiger partial charge in [0.2, 0.25) is 0 Å². The minimum Gasteiger partial charge on any atom is -0.384 e. The smallest absolute Gasteiger partial charge is 0.338 e. The number of hydrogen-bond donors (Lipinski definition) is 0. The standard InChI is InChI=1S/C14H20O2Si/c1-3-17(4-2,15-13-9-5-6-10-13)16-14-11-7-8-12-14/h5-14H,3-4H2,1-2H3. The molecule has 0 atom stereocenters. The minimum absolute atomic E-state index is 0.107. The molecule has 0 fully saturated rings. The third-order valence-electron chi connectivity index (χ3n) is 3.20. The molecule has 0 aliphatic heterocycles. The lowest BCUT2D eigenvalue weighted by Crippen LogP contribution is -2.45. The summed E-state index contributed by atoms with van der Waals surface area (Å²) in [6.07, 6.45) is 16.7.